The van der Waals surface area contributed by atoms with Gasteiger partial charge in [0, 0.05) is 5.92 Å². The molecule has 17 heavy (non-hydrogen) atoms. The molecule has 1 unspecified atom stereocenters. The van der Waals surface area contributed by atoms with Gasteiger partial charge in [-0.3, -0.25) is 0 Å². The molecule has 1 atom stereocenters. The number of rotatable bonds is 4. The highest BCUT2D eigenvalue weighted by atomic mass is 19.4. The molecule has 0 saturated heterocycles. The molecule has 9 heteroatoms. The van der Waals surface area contributed by atoms with Gasteiger partial charge in [0.15, 0.2) is 0 Å². The van der Waals surface area contributed by atoms with E-state index < -0.39 is 29.9 Å². The van der Waals surface area contributed by atoms with Crippen molar-refractivity contribution in [1.82, 2.24) is 0 Å². The van der Waals surface area contributed by atoms with Gasteiger partial charge in [0.1, 0.15) is 0 Å². The second-order valence-corrected chi connectivity index (χ2v) is 3.29. The molecule has 0 aromatic heterocycles. The van der Waals surface area contributed by atoms with E-state index in [1.54, 1.807) is 0 Å². The van der Waals surface area contributed by atoms with E-state index in [9.17, 15) is 39.5 Å². The van der Waals surface area contributed by atoms with Crippen LogP contribution in [0.5, 0.6) is 0 Å². The molecule has 0 aromatic rings. The van der Waals surface area contributed by atoms with Crippen LogP contribution in [0, 0.1) is 5.92 Å². The lowest BCUT2D eigenvalue weighted by Gasteiger charge is -2.35. The van der Waals surface area contributed by atoms with Crippen LogP contribution >= 0.6 is 0 Å². The van der Waals surface area contributed by atoms with E-state index in [1.165, 1.54) is 0 Å². The maximum absolute atomic E-state index is 12.8. The maximum atomic E-state index is 12.8. The van der Waals surface area contributed by atoms with Crippen LogP contribution in [-0.4, -0.2) is 23.9 Å². The first kappa shape index (κ1) is 16.1. The summed E-state index contributed by atoms with van der Waals surface area (Å²) in [6.07, 6.45) is -6.61. The van der Waals surface area contributed by atoms with E-state index in [0.717, 1.165) is 0 Å². The molecule has 102 valence electrons. The fourth-order valence-corrected chi connectivity index (χ4v) is 0.821. The Morgan fingerprint density at radius 1 is 0.824 bits per heavy atom. The van der Waals surface area contributed by atoms with Crippen LogP contribution in [0.15, 0.2) is 12.7 Å². The Kier molecular flexibility index (Phi) is 3.88. The summed E-state index contributed by atoms with van der Waals surface area (Å²) in [6.45, 7) is 3.00. The van der Waals surface area contributed by atoms with Crippen molar-refractivity contribution >= 4 is 0 Å². The Bertz CT molecular complexity index is 288. The first-order chi connectivity index (χ1) is 7.23. The number of hydrogen-bond acceptors (Lipinski definition) is 0. The van der Waals surface area contributed by atoms with E-state index in [1.807, 2.05) is 0 Å². The summed E-state index contributed by atoms with van der Waals surface area (Å²) in [5.41, 5.74) is 0. The Labute approximate surface area is 90.1 Å². The molecule has 0 N–H and O–H groups in total. The number of alkyl halides is 9. The molecule has 0 bridgehead atoms. The average molecular weight is 274 g/mol. The van der Waals surface area contributed by atoms with Crippen molar-refractivity contribution in [3.8, 4) is 0 Å². The third-order valence-corrected chi connectivity index (χ3v) is 2.09. The van der Waals surface area contributed by atoms with E-state index in [2.05, 4.69) is 6.58 Å². The smallest absolute Gasteiger partial charge is 0.199 e. The van der Waals surface area contributed by atoms with E-state index >= 15 is 0 Å². The fraction of sp³-hybridized carbons (Fsp3) is 0.750. The fourth-order valence-electron chi connectivity index (χ4n) is 0.821. The topological polar surface area (TPSA) is 0 Å². The maximum Gasteiger partial charge on any atom is 0.460 e. The SMILES string of the molecule is C=CC(C)C(F)(F)C(F)(F)C(F)(F)C(F)(F)F. The Morgan fingerprint density at radius 3 is 1.41 bits per heavy atom. The molecule has 0 fully saturated rings. The Hall–Kier alpha value is -0.890. The van der Waals surface area contributed by atoms with E-state index in [4.69, 9.17) is 0 Å². The first-order valence-electron chi connectivity index (χ1n) is 4.06. The molecule has 0 radical (unpaired) electrons. The van der Waals surface area contributed by atoms with Crippen LogP contribution in [0.3, 0.4) is 0 Å². The summed E-state index contributed by atoms with van der Waals surface area (Å²) in [5.74, 6) is -21.5. The zero-order chi connectivity index (χ0) is 14.3. The quantitative estimate of drug-likeness (QED) is 0.530. The molecule has 0 aliphatic heterocycles. The summed E-state index contributed by atoms with van der Waals surface area (Å²) >= 11 is 0. The third-order valence-electron chi connectivity index (χ3n) is 2.09. The monoisotopic (exact) mass is 274 g/mol. The van der Waals surface area contributed by atoms with Gasteiger partial charge < -0.3 is 0 Å². The van der Waals surface area contributed by atoms with Gasteiger partial charge in [-0.2, -0.15) is 39.5 Å². The molecular formula is C8H7F9. The molecular weight excluding hydrogens is 267 g/mol. The molecule has 0 heterocycles. The van der Waals surface area contributed by atoms with Crippen molar-refractivity contribution in [3.05, 3.63) is 12.7 Å². The second-order valence-electron chi connectivity index (χ2n) is 3.29. The highest BCUT2D eigenvalue weighted by Crippen LogP contribution is 2.55. The minimum atomic E-state index is -6.83. The predicted octanol–water partition coefficient (Wildman–Crippen LogP) is 4.28. The zero-order valence-corrected chi connectivity index (χ0v) is 8.26. The van der Waals surface area contributed by atoms with Crippen LogP contribution in [0.2, 0.25) is 0 Å². The molecule has 0 amide bonds. The van der Waals surface area contributed by atoms with Gasteiger partial charge in [-0.25, -0.2) is 0 Å². The van der Waals surface area contributed by atoms with Gasteiger partial charge in [-0.15, -0.1) is 6.58 Å². The molecule has 0 aromatic carbocycles. The summed E-state index contributed by atoms with van der Waals surface area (Å²) < 4.78 is 110. The van der Waals surface area contributed by atoms with Gasteiger partial charge in [0.05, 0.1) is 0 Å². The minimum Gasteiger partial charge on any atom is -0.199 e. The molecule has 0 rings (SSSR count). The molecule has 0 aliphatic rings. The Balaban J connectivity index is 5.63. The van der Waals surface area contributed by atoms with Crippen LogP contribution in [0.25, 0.3) is 0 Å². The second kappa shape index (κ2) is 4.09. The molecule has 0 aliphatic carbocycles. The summed E-state index contributed by atoms with van der Waals surface area (Å²) in [4.78, 5) is 0. The largest absolute Gasteiger partial charge is 0.460 e. The zero-order valence-electron chi connectivity index (χ0n) is 8.26. The van der Waals surface area contributed by atoms with Crippen molar-refractivity contribution in [2.75, 3.05) is 0 Å². The molecule has 0 spiro atoms. The van der Waals surface area contributed by atoms with Crippen molar-refractivity contribution in [3.63, 3.8) is 0 Å². The average Bonchev–Trinajstić information content (AvgIpc) is 2.13. The molecule has 0 nitrogen and oxygen atoms in total. The normalized spacial score (nSPS) is 16.8. The van der Waals surface area contributed by atoms with Crippen LogP contribution in [0.1, 0.15) is 6.92 Å². The summed E-state index contributed by atoms with van der Waals surface area (Å²) in [7, 11) is 0. The van der Waals surface area contributed by atoms with E-state index in [-0.39, 0.29) is 6.08 Å². The van der Waals surface area contributed by atoms with E-state index in [0.29, 0.717) is 6.92 Å². The standard InChI is InChI=1S/C8H7F9/c1-3-4(2)5(9,10)6(11,12)7(13,14)8(15,16)17/h3-4H,1H2,2H3. The van der Waals surface area contributed by atoms with Crippen molar-refractivity contribution in [1.29, 1.82) is 0 Å². The summed E-state index contributed by atoms with van der Waals surface area (Å²) in [6, 6.07) is 0. The van der Waals surface area contributed by atoms with Gasteiger partial charge in [0.2, 0.25) is 0 Å². The van der Waals surface area contributed by atoms with Crippen molar-refractivity contribution in [2.45, 2.75) is 30.9 Å². The first-order valence-corrected chi connectivity index (χ1v) is 4.06. The van der Waals surface area contributed by atoms with Crippen LogP contribution in [0.4, 0.5) is 39.5 Å². The van der Waals surface area contributed by atoms with Crippen molar-refractivity contribution in [2.24, 2.45) is 5.92 Å². The molecule has 0 saturated carbocycles. The third kappa shape index (κ3) is 2.23. The lowest BCUT2D eigenvalue weighted by Crippen LogP contribution is -2.62. The van der Waals surface area contributed by atoms with Gasteiger partial charge in [-0.1, -0.05) is 13.0 Å². The lowest BCUT2D eigenvalue weighted by molar-refractivity contribution is -0.400. The van der Waals surface area contributed by atoms with Crippen LogP contribution < -0.4 is 0 Å². The lowest BCUT2D eigenvalue weighted by atomic mass is 9.93. The van der Waals surface area contributed by atoms with Gasteiger partial charge in [-0.05, 0) is 0 Å². The van der Waals surface area contributed by atoms with Gasteiger partial charge >= 0.3 is 23.9 Å². The highest BCUT2D eigenvalue weighted by Gasteiger charge is 2.82. The number of allylic oxidation sites excluding steroid dienone is 1. The predicted molar refractivity (Wildman–Crippen MR) is 40.3 cm³/mol. The Morgan fingerprint density at radius 2 is 1.18 bits per heavy atom. The van der Waals surface area contributed by atoms with Gasteiger partial charge in [0.25, 0.3) is 0 Å². The summed E-state index contributed by atoms with van der Waals surface area (Å²) in [5, 5.41) is 0. The number of hydrogen-bond donors (Lipinski definition) is 0. The van der Waals surface area contributed by atoms with Crippen molar-refractivity contribution < 1.29 is 39.5 Å². The minimum absolute atomic E-state index is 0.167. The number of halogens is 9. The highest BCUT2D eigenvalue weighted by molar-refractivity contribution is 5.05. The van der Waals surface area contributed by atoms with Crippen LogP contribution in [-0.2, 0) is 0 Å².